The highest BCUT2D eigenvalue weighted by atomic mass is 16.6. The number of carbonyl (C=O) groups excluding carboxylic acids is 1. The van der Waals surface area contributed by atoms with E-state index in [1.165, 1.54) is 0 Å². The topological polar surface area (TPSA) is 72.8 Å². The van der Waals surface area contributed by atoms with Crippen molar-refractivity contribution in [2.24, 2.45) is 0 Å². The molecule has 0 saturated heterocycles. The largest absolute Gasteiger partial charge is 0.481 e. The van der Waals surface area contributed by atoms with Gasteiger partial charge in [0.1, 0.15) is 0 Å². The molecule has 0 aliphatic carbocycles. The SMILES string of the molecule is CCOC(CC(=O)O)C(=O)OC(C)CC. The zero-order valence-corrected chi connectivity index (χ0v) is 9.36. The standard InChI is InChI=1S/C10H18O5/c1-4-7(3)15-10(13)8(14-5-2)6-9(11)12/h7-8H,4-6H2,1-3H3,(H,11,12). The summed E-state index contributed by atoms with van der Waals surface area (Å²) in [6.07, 6.45) is -0.878. The van der Waals surface area contributed by atoms with Crippen molar-refractivity contribution in [3.8, 4) is 0 Å². The number of carboxylic acids is 1. The highest BCUT2D eigenvalue weighted by molar-refractivity contribution is 5.81. The van der Waals surface area contributed by atoms with E-state index in [0.717, 1.165) is 0 Å². The highest BCUT2D eigenvalue weighted by Crippen LogP contribution is 2.06. The number of rotatable bonds is 7. The molecule has 5 heteroatoms. The first-order chi connectivity index (χ1) is 7.01. The number of aliphatic carboxylic acids is 1. The molecule has 0 amide bonds. The van der Waals surface area contributed by atoms with Gasteiger partial charge < -0.3 is 14.6 Å². The number of carboxylic acid groups (broad SMARTS) is 1. The molecule has 0 heterocycles. The molecule has 0 fully saturated rings. The predicted molar refractivity (Wildman–Crippen MR) is 53.5 cm³/mol. The Morgan fingerprint density at radius 2 is 1.93 bits per heavy atom. The molecule has 88 valence electrons. The quantitative estimate of drug-likeness (QED) is 0.650. The monoisotopic (exact) mass is 218 g/mol. The van der Waals surface area contributed by atoms with Gasteiger partial charge in [0.05, 0.1) is 12.5 Å². The average molecular weight is 218 g/mol. The lowest BCUT2D eigenvalue weighted by Crippen LogP contribution is -2.31. The van der Waals surface area contributed by atoms with Crippen LogP contribution in [0, 0.1) is 0 Å². The third-order valence-corrected chi connectivity index (χ3v) is 1.88. The fourth-order valence-corrected chi connectivity index (χ4v) is 0.928. The van der Waals surface area contributed by atoms with Crippen LogP contribution in [0.1, 0.15) is 33.6 Å². The molecule has 0 radical (unpaired) electrons. The third-order valence-electron chi connectivity index (χ3n) is 1.88. The Bertz CT molecular complexity index is 214. The first-order valence-electron chi connectivity index (χ1n) is 5.05. The molecule has 0 rings (SSSR count). The summed E-state index contributed by atoms with van der Waals surface area (Å²) in [5, 5.41) is 8.56. The van der Waals surface area contributed by atoms with Gasteiger partial charge in [-0.15, -0.1) is 0 Å². The zero-order chi connectivity index (χ0) is 11.8. The van der Waals surface area contributed by atoms with Gasteiger partial charge in [-0.2, -0.15) is 0 Å². The van der Waals surface area contributed by atoms with Crippen molar-refractivity contribution in [3.63, 3.8) is 0 Å². The van der Waals surface area contributed by atoms with Gasteiger partial charge in [-0.05, 0) is 20.3 Å². The van der Waals surface area contributed by atoms with E-state index in [-0.39, 0.29) is 19.1 Å². The minimum absolute atomic E-state index is 0.214. The Labute approximate surface area is 89.4 Å². The summed E-state index contributed by atoms with van der Waals surface area (Å²) in [5.74, 6) is -1.68. The Kier molecular flexibility index (Phi) is 6.70. The molecule has 0 aromatic heterocycles. The van der Waals surface area contributed by atoms with Crippen LogP contribution in [-0.2, 0) is 19.1 Å². The molecular formula is C10H18O5. The molecule has 2 unspecified atom stereocenters. The molecule has 0 aromatic rings. The summed E-state index contributed by atoms with van der Waals surface area (Å²) in [5.41, 5.74) is 0. The number of ether oxygens (including phenoxy) is 2. The second-order valence-corrected chi connectivity index (χ2v) is 3.20. The molecule has 1 N–H and O–H groups in total. The lowest BCUT2D eigenvalue weighted by atomic mass is 10.2. The van der Waals surface area contributed by atoms with E-state index < -0.39 is 18.0 Å². The first kappa shape index (κ1) is 13.9. The number of esters is 1. The van der Waals surface area contributed by atoms with Crippen LogP contribution in [-0.4, -0.2) is 35.9 Å². The van der Waals surface area contributed by atoms with Gasteiger partial charge in [0.25, 0.3) is 0 Å². The van der Waals surface area contributed by atoms with Crippen molar-refractivity contribution in [1.82, 2.24) is 0 Å². The van der Waals surface area contributed by atoms with Crippen molar-refractivity contribution >= 4 is 11.9 Å². The molecule has 0 saturated carbocycles. The molecule has 5 nitrogen and oxygen atoms in total. The number of hydrogen-bond donors (Lipinski definition) is 1. The normalized spacial score (nSPS) is 14.3. The minimum Gasteiger partial charge on any atom is -0.481 e. The van der Waals surface area contributed by atoms with Crippen molar-refractivity contribution in [3.05, 3.63) is 0 Å². The molecule has 0 aromatic carbocycles. The molecule has 2 atom stereocenters. The fourth-order valence-electron chi connectivity index (χ4n) is 0.928. The van der Waals surface area contributed by atoms with Crippen molar-refractivity contribution < 1.29 is 24.2 Å². The van der Waals surface area contributed by atoms with Gasteiger partial charge in [-0.1, -0.05) is 6.92 Å². The lowest BCUT2D eigenvalue weighted by molar-refractivity contribution is -0.166. The van der Waals surface area contributed by atoms with Gasteiger partial charge in [-0.25, -0.2) is 4.79 Å². The van der Waals surface area contributed by atoms with Crippen LogP contribution in [0.3, 0.4) is 0 Å². The van der Waals surface area contributed by atoms with Gasteiger partial charge in [0.2, 0.25) is 0 Å². The summed E-state index contributed by atoms with van der Waals surface area (Å²) in [6.45, 7) is 5.62. The van der Waals surface area contributed by atoms with E-state index >= 15 is 0 Å². The van der Waals surface area contributed by atoms with Gasteiger partial charge in [0.15, 0.2) is 6.10 Å². The van der Waals surface area contributed by atoms with E-state index in [2.05, 4.69) is 0 Å². The van der Waals surface area contributed by atoms with E-state index in [1.54, 1.807) is 13.8 Å². The fraction of sp³-hybridized carbons (Fsp3) is 0.800. The summed E-state index contributed by atoms with van der Waals surface area (Å²) in [6, 6.07) is 0. The summed E-state index contributed by atoms with van der Waals surface area (Å²) in [4.78, 5) is 21.9. The smallest absolute Gasteiger partial charge is 0.336 e. The van der Waals surface area contributed by atoms with Crippen molar-refractivity contribution in [2.45, 2.75) is 45.8 Å². The third kappa shape index (κ3) is 6.06. The molecular weight excluding hydrogens is 200 g/mol. The predicted octanol–water partition coefficient (Wildman–Crippen LogP) is 1.21. The molecule has 0 aliphatic heterocycles. The van der Waals surface area contributed by atoms with Crippen LogP contribution in [0.4, 0.5) is 0 Å². The first-order valence-corrected chi connectivity index (χ1v) is 5.05. The Morgan fingerprint density at radius 1 is 1.33 bits per heavy atom. The van der Waals surface area contributed by atoms with Crippen LogP contribution in [0.5, 0.6) is 0 Å². The van der Waals surface area contributed by atoms with E-state index in [4.69, 9.17) is 14.6 Å². The number of hydrogen-bond acceptors (Lipinski definition) is 4. The van der Waals surface area contributed by atoms with Crippen LogP contribution < -0.4 is 0 Å². The average Bonchev–Trinajstić information content (AvgIpc) is 2.16. The van der Waals surface area contributed by atoms with Crippen LogP contribution in [0.25, 0.3) is 0 Å². The summed E-state index contributed by atoms with van der Waals surface area (Å²) in [7, 11) is 0. The maximum atomic E-state index is 11.4. The van der Waals surface area contributed by atoms with Gasteiger partial charge >= 0.3 is 11.9 Å². The van der Waals surface area contributed by atoms with Crippen LogP contribution in [0.2, 0.25) is 0 Å². The van der Waals surface area contributed by atoms with Crippen LogP contribution in [0.15, 0.2) is 0 Å². The molecule has 0 bridgehead atoms. The minimum atomic E-state index is -1.07. The molecule has 0 aliphatic rings. The van der Waals surface area contributed by atoms with Crippen LogP contribution >= 0.6 is 0 Å². The molecule has 15 heavy (non-hydrogen) atoms. The number of carbonyl (C=O) groups is 2. The second kappa shape index (κ2) is 7.23. The van der Waals surface area contributed by atoms with Gasteiger partial charge in [0, 0.05) is 6.61 Å². The molecule has 0 spiro atoms. The van der Waals surface area contributed by atoms with E-state index in [1.807, 2.05) is 6.92 Å². The Balaban J connectivity index is 4.21. The van der Waals surface area contributed by atoms with E-state index in [0.29, 0.717) is 6.42 Å². The highest BCUT2D eigenvalue weighted by Gasteiger charge is 2.24. The maximum absolute atomic E-state index is 11.4. The maximum Gasteiger partial charge on any atom is 0.336 e. The summed E-state index contributed by atoms with van der Waals surface area (Å²) >= 11 is 0. The lowest BCUT2D eigenvalue weighted by Gasteiger charge is -2.17. The van der Waals surface area contributed by atoms with Gasteiger partial charge in [-0.3, -0.25) is 4.79 Å². The van der Waals surface area contributed by atoms with Crippen molar-refractivity contribution in [2.75, 3.05) is 6.61 Å². The van der Waals surface area contributed by atoms with E-state index in [9.17, 15) is 9.59 Å². The second-order valence-electron chi connectivity index (χ2n) is 3.20. The van der Waals surface area contributed by atoms with Crippen molar-refractivity contribution in [1.29, 1.82) is 0 Å². The Morgan fingerprint density at radius 3 is 2.33 bits per heavy atom. The summed E-state index contributed by atoms with van der Waals surface area (Å²) < 4.78 is 9.99. The zero-order valence-electron chi connectivity index (χ0n) is 9.36. The Hall–Kier alpha value is -1.10.